The molecule has 0 aromatic heterocycles. The third kappa shape index (κ3) is 3.93. The molecule has 3 amide bonds. The predicted molar refractivity (Wildman–Crippen MR) is 106 cm³/mol. The second kappa shape index (κ2) is 8.08. The van der Waals surface area contributed by atoms with Gasteiger partial charge in [0.15, 0.2) is 0 Å². The van der Waals surface area contributed by atoms with Gasteiger partial charge in [-0.1, -0.05) is 60.7 Å². The quantitative estimate of drug-likeness (QED) is 0.521. The Morgan fingerprint density at radius 1 is 0.793 bits per heavy atom. The molecule has 0 atom stereocenters. The minimum Gasteiger partial charge on any atom is -0.270 e. The molecule has 0 aliphatic carbocycles. The molecule has 144 valence electrons. The Labute approximate surface area is 167 Å². The summed E-state index contributed by atoms with van der Waals surface area (Å²) in [7, 11) is 0. The molecule has 6 nitrogen and oxygen atoms in total. The number of carbonyl (C=O) groups excluding carboxylic acids is 3. The summed E-state index contributed by atoms with van der Waals surface area (Å²) in [6, 6.07) is 23.2. The molecule has 4 rings (SSSR count). The first kappa shape index (κ1) is 18.6. The van der Waals surface area contributed by atoms with Crippen molar-refractivity contribution in [2.24, 2.45) is 0 Å². The van der Waals surface area contributed by atoms with Crippen molar-refractivity contribution in [3.05, 3.63) is 107 Å². The molecule has 1 aliphatic rings. The smallest absolute Gasteiger partial charge is 0.270 e. The summed E-state index contributed by atoms with van der Waals surface area (Å²) in [4.78, 5) is 44.1. The zero-order valence-electron chi connectivity index (χ0n) is 15.5. The molecule has 0 saturated heterocycles. The summed E-state index contributed by atoms with van der Waals surface area (Å²) in [6.07, 6.45) is 0. The van der Waals surface area contributed by atoms with E-state index in [9.17, 15) is 14.4 Å². The fourth-order valence-corrected chi connectivity index (χ4v) is 3.16. The molecule has 0 unspecified atom stereocenters. The van der Waals surface area contributed by atoms with Crippen LogP contribution >= 0.6 is 0 Å². The van der Waals surface area contributed by atoms with Gasteiger partial charge in [-0.3, -0.25) is 24.1 Å². The maximum Gasteiger partial charge on any atom is 0.274 e. The highest BCUT2D eigenvalue weighted by molar-refractivity contribution is 6.22. The summed E-state index contributed by atoms with van der Waals surface area (Å²) in [5.74, 6) is -1.25. The van der Waals surface area contributed by atoms with Crippen LogP contribution in [0.2, 0.25) is 0 Å². The largest absolute Gasteiger partial charge is 0.274 e. The van der Waals surface area contributed by atoms with E-state index in [2.05, 4.69) is 5.48 Å². The summed E-state index contributed by atoms with van der Waals surface area (Å²) >= 11 is 0. The number of benzene rings is 3. The highest BCUT2D eigenvalue weighted by Crippen LogP contribution is 2.25. The van der Waals surface area contributed by atoms with Crippen LogP contribution in [0.3, 0.4) is 0 Å². The van der Waals surface area contributed by atoms with Crippen LogP contribution in [0.1, 0.15) is 42.2 Å². The second-order valence-electron chi connectivity index (χ2n) is 6.65. The SMILES string of the molecule is O=C(NOCc1ccccc1)c1ccc2c(c1)C(=O)N(Cc1ccccc1)C2=O. The van der Waals surface area contributed by atoms with Crippen molar-refractivity contribution < 1.29 is 19.2 Å². The van der Waals surface area contributed by atoms with Crippen molar-refractivity contribution >= 4 is 17.7 Å². The minimum atomic E-state index is -0.481. The van der Waals surface area contributed by atoms with E-state index in [0.29, 0.717) is 5.56 Å². The van der Waals surface area contributed by atoms with Crippen molar-refractivity contribution in [3.63, 3.8) is 0 Å². The van der Waals surface area contributed by atoms with E-state index in [4.69, 9.17) is 4.84 Å². The standard InChI is InChI=1S/C23H18N2O4/c26-21(24-29-15-17-9-5-2-6-10-17)18-11-12-19-20(13-18)23(28)25(22(19)27)14-16-7-3-1-4-8-16/h1-13H,14-15H2,(H,24,26). The number of imide groups is 1. The van der Waals surface area contributed by atoms with E-state index >= 15 is 0 Å². The van der Waals surface area contributed by atoms with Gasteiger partial charge in [0.2, 0.25) is 0 Å². The van der Waals surface area contributed by atoms with Crippen LogP contribution in [0, 0.1) is 0 Å². The molecule has 3 aromatic rings. The zero-order valence-corrected chi connectivity index (χ0v) is 15.5. The molecule has 29 heavy (non-hydrogen) atoms. The molecule has 0 spiro atoms. The number of rotatable bonds is 6. The van der Waals surface area contributed by atoms with Gasteiger partial charge < -0.3 is 0 Å². The van der Waals surface area contributed by atoms with Crippen molar-refractivity contribution in [1.82, 2.24) is 10.4 Å². The monoisotopic (exact) mass is 386 g/mol. The number of hydrogen-bond donors (Lipinski definition) is 1. The Bertz CT molecular complexity index is 1060. The average molecular weight is 386 g/mol. The molecule has 1 aliphatic heterocycles. The van der Waals surface area contributed by atoms with Gasteiger partial charge >= 0.3 is 0 Å². The number of hydrogen-bond acceptors (Lipinski definition) is 4. The first-order valence-corrected chi connectivity index (χ1v) is 9.14. The van der Waals surface area contributed by atoms with Gasteiger partial charge in [-0.25, -0.2) is 5.48 Å². The number of nitrogens with one attached hydrogen (secondary N) is 1. The van der Waals surface area contributed by atoms with E-state index in [1.165, 1.54) is 23.1 Å². The first-order chi connectivity index (χ1) is 14.1. The molecule has 6 heteroatoms. The van der Waals surface area contributed by atoms with Crippen molar-refractivity contribution in [3.8, 4) is 0 Å². The predicted octanol–water partition coefficient (Wildman–Crippen LogP) is 3.34. The van der Waals surface area contributed by atoms with Crippen LogP contribution in [0.4, 0.5) is 0 Å². The van der Waals surface area contributed by atoms with E-state index in [1.54, 1.807) is 0 Å². The Kier molecular flexibility index (Phi) is 5.18. The van der Waals surface area contributed by atoms with Crippen molar-refractivity contribution in [2.75, 3.05) is 0 Å². The van der Waals surface area contributed by atoms with Gasteiger partial charge in [0, 0.05) is 5.56 Å². The maximum absolute atomic E-state index is 12.7. The normalized spacial score (nSPS) is 12.8. The van der Waals surface area contributed by atoms with Gasteiger partial charge in [-0.05, 0) is 29.3 Å². The van der Waals surface area contributed by atoms with Gasteiger partial charge in [-0.15, -0.1) is 0 Å². The van der Waals surface area contributed by atoms with Crippen LogP contribution in [0.25, 0.3) is 0 Å². The lowest BCUT2D eigenvalue weighted by Crippen LogP contribution is -2.29. The summed E-state index contributed by atoms with van der Waals surface area (Å²) in [6.45, 7) is 0.411. The van der Waals surface area contributed by atoms with Gasteiger partial charge in [0.25, 0.3) is 17.7 Å². The number of nitrogens with zero attached hydrogens (tertiary/aromatic N) is 1. The number of fused-ring (bicyclic) bond motifs is 1. The van der Waals surface area contributed by atoms with E-state index in [0.717, 1.165) is 11.1 Å². The number of carbonyl (C=O) groups is 3. The molecular weight excluding hydrogens is 368 g/mol. The lowest BCUT2D eigenvalue weighted by molar-refractivity contribution is 0.0233. The Morgan fingerprint density at radius 2 is 1.41 bits per heavy atom. The molecule has 0 radical (unpaired) electrons. The van der Waals surface area contributed by atoms with Gasteiger partial charge in [0.05, 0.1) is 24.3 Å². The lowest BCUT2D eigenvalue weighted by atomic mass is 10.1. The Morgan fingerprint density at radius 3 is 2.10 bits per heavy atom. The van der Waals surface area contributed by atoms with Gasteiger partial charge in [-0.2, -0.15) is 0 Å². The maximum atomic E-state index is 12.7. The zero-order chi connectivity index (χ0) is 20.2. The van der Waals surface area contributed by atoms with E-state index in [1.807, 2.05) is 60.7 Å². The topological polar surface area (TPSA) is 75.7 Å². The van der Waals surface area contributed by atoms with Crippen LogP contribution in [0.15, 0.2) is 78.9 Å². The number of hydroxylamine groups is 1. The molecule has 0 saturated carbocycles. The highest BCUT2D eigenvalue weighted by atomic mass is 16.6. The molecule has 0 fully saturated rings. The molecular formula is C23H18N2O4. The highest BCUT2D eigenvalue weighted by Gasteiger charge is 2.36. The fraction of sp³-hybridized carbons (Fsp3) is 0.0870. The third-order valence-electron chi connectivity index (χ3n) is 4.66. The first-order valence-electron chi connectivity index (χ1n) is 9.14. The molecule has 1 heterocycles. The van der Waals surface area contributed by atoms with Crippen LogP contribution in [0.5, 0.6) is 0 Å². The fourth-order valence-electron chi connectivity index (χ4n) is 3.16. The molecule has 0 bridgehead atoms. The summed E-state index contributed by atoms with van der Waals surface area (Å²) < 4.78 is 0. The number of amides is 3. The van der Waals surface area contributed by atoms with Crippen molar-refractivity contribution in [2.45, 2.75) is 13.2 Å². The van der Waals surface area contributed by atoms with Crippen LogP contribution < -0.4 is 5.48 Å². The van der Waals surface area contributed by atoms with Gasteiger partial charge in [0.1, 0.15) is 0 Å². The van der Waals surface area contributed by atoms with Crippen molar-refractivity contribution in [1.29, 1.82) is 0 Å². The molecule has 3 aromatic carbocycles. The average Bonchev–Trinajstić information content (AvgIpc) is 2.99. The minimum absolute atomic E-state index is 0.189. The van der Waals surface area contributed by atoms with Crippen LogP contribution in [-0.4, -0.2) is 22.6 Å². The summed E-state index contributed by atoms with van der Waals surface area (Å²) in [5, 5.41) is 0. The Balaban J connectivity index is 1.44. The third-order valence-corrected chi connectivity index (χ3v) is 4.66. The lowest BCUT2D eigenvalue weighted by Gasteiger charge is -2.13. The van der Waals surface area contributed by atoms with Crippen LogP contribution in [-0.2, 0) is 18.0 Å². The molecule has 1 N–H and O–H groups in total. The van der Waals surface area contributed by atoms with E-state index in [-0.39, 0.29) is 30.2 Å². The van der Waals surface area contributed by atoms with E-state index < -0.39 is 11.8 Å². The summed E-state index contributed by atoms with van der Waals surface area (Å²) in [5.41, 5.74) is 4.91. The second-order valence-corrected chi connectivity index (χ2v) is 6.65. The Hall–Kier alpha value is -3.77.